The van der Waals surface area contributed by atoms with Gasteiger partial charge < -0.3 is 4.74 Å². The zero-order chi connectivity index (χ0) is 12.9. The van der Waals surface area contributed by atoms with E-state index in [1.807, 2.05) is 0 Å². The quantitative estimate of drug-likeness (QED) is 0.315. The maximum atomic E-state index is 11.4. The lowest BCUT2D eigenvalue weighted by Crippen LogP contribution is -2.17. The summed E-state index contributed by atoms with van der Waals surface area (Å²) in [6.45, 7) is 4.64. The van der Waals surface area contributed by atoms with E-state index in [-0.39, 0.29) is 5.78 Å². The molecule has 17 heavy (non-hydrogen) atoms. The van der Waals surface area contributed by atoms with Crippen molar-refractivity contribution in [3.63, 3.8) is 0 Å². The van der Waals surface area contributed by atoms with Crippen LogP contribution in [0, 0.1) is 0 Å². The van der Waals surface area contributed by atoms with Gasteiger partial charge in [0.2, 0.25) is 5.78 Å². The predicted molar refractivity (Wildman–Crippen MR) is 68.9 cm³/mol. The van der Waals surface area contributed by atoms with Crippen LogP contribution >= 0.6 is 0 Å². The van der Waals surface area contributed by atoms with E-state index in [0.717, 1.165) is 51.4 Å². The highest BCUT2D eigenvalue weighted by Gasteiger charge is 2.13. The van der Waals surface area contributed by atoms with Crippen LogP contribution in [0.4, 0.5) is 0 Å². The third kappa shape index (κ3) is 10.0. The van der Waals surface area contributed by atoms with Crippen LogP contribution in [-0.2, 0) is 14.3 Å². The molecule has 0 aromatic carbocycles. The first-order valence-electron chi connectivity index (χ1n) is 6.92. The lowest BCUT2D eigenvalue weighted by Gasteiger charge is -2.03. The molecule has 3 nitrogen and oxygen atoms in total. The van der Waals surface area contributed by atoms with Crippen molar-refractivity contribution in [2.45, 2.75) is 71.6 Å². The predicted octanol–water partition coefficient (Wildman–Crippen LogP) is 3.65. The highest BCUT2D eigenvalue weighted by Crippen LogP contribution is 2.04. The molecule has 0 heterocycles. The van der Waals surface area contributed by atoms with Crippen LogP contribution in [0.3, 0.4) is 0 Å². The van der Waals surface area contributed by atoms with Crippen LogP contribution in [0.2, 0.25) is 0 Å². The molecule has 0 radical (unpaired) electrons. The molecule has 3 heteroatoms. The normalized spacial score (nSPS) is 10.2. The maximum Gasteiger partial charge on any atom is 0.374 e. The summed E-state index contributed by atoms with van der Waals surface area (Å²) in [5, 5.41) is 0. The number of Topliss-reactive ketones (excluding diaryl/α,β-unsaturated/α-hetero) is 1. The Morgan fingerprint density at radius 3 is 2.00 bits per heavy atom. The van der Waals surface area contributed by atoms with Gasteiger partial charge in [0.1, 0.15) is 0 Å². The van der Waals surface area contributed by atoms with Crippen molar-refractivity contribution in [2.75, 3.05) is 6.61 Å². The largest absolute Gasteiger partial charge is 0.460 e. The molecule has 0 spiro atoms. The zero-order valence-electron chi connectivity index (χ0n) is 11.3. The number of esters is 1. The summed E-state index contributed by atoms with van der Waals surface area (Å²) < 4.78 is 4.92. The summed E-state index contributed by atoms with van der Waals surface area (Å²) in [7, 11) is 0. The second-order valence-corrected chi connectivity index (χ2v) is 4.43. The average molecular weight is 242 g/mol. The van der Waals surface area contributed by atoms with Crippen molar-refractivity contribution in [3.05, 3.63) is 0 Å². The summed E-state index contributed by atoms with van der Waals surface area (Å²) in [5.74, 6) is -1.01. The summed E-state index contributed by atoms with van der Waals surface area (Å²) >= 11 is 0. The minimum atomic E-state index is -0.641. The van der Waals surface area contributed by atoms with E-state index in [4.69, 9.17) is 4.74 Å². The number of hydrogen-bond donors (Lipinski definition) is 0. The Hall–Kier alpha value is -0.860. The van der Waals surface area contributed by atoms with Gasteiger partial charge >= 0.3 is 5.97 Å². The summed E-state index contributed by atoms with van der Waals surface area (Å²) in [4.78, 5) is 22.6. The lowest BCUT2D eigenvalue weighted by atomic mass is 10.1. The molecule has 0 aliphatic rings. The van der Waals surface area contributed by atoms with E-state index < -0.39 is 5.97 Å². The number of carbonyl (C=O) groups excluding carboxylic acids is 2. The standard InChI is InChI=1S/C14H26O3/c1-3-5-7-9-11-13(15)14(16)17-12-10-8-6-4-2/h3-12H2,1-2H3. The molecule has 0 saturated carbocycles. The fourth-order valence-electron chi connectivity index (χ4n) is 1.59. The van der Waals surface area contributed by atoms with E-state index >= 15 is 0 Å². The lowest BCUT2D eigenvalue weighted by molar-refractivity contribution is -0.154. The molecule has 0 rings (SSSR count). The minimum Gasteiger partial charge on any atom is -0.460 e. The van der Waals surface area contributed by atoms with E-state index in [0.29, 0.717) is 13.0 Å². The van der Waals surface area contributed by atoms with Gasteiger partial charge in [-0.25, -0.2) is 4.79 Å². The number of ketones is 1. The Kier molecular flexibility index (Phi) is 11.0. The number of ether oxygens (including phenoxy) is 1. The SMILES string of the molecule is CCCCCCOC(=O)C(=O)CCCCCC. The van der Waals surface area contributed by atoms with E-state index in [9.17, 15) is 9.59 Å². The fraction of sp³-hybridized carbons (Fsp3) is 0.857. The number of carbonyl (C=O) groups is 2. The second kappa shape index (κ2) is 11.6. The van der Waals surface area contributed by atoms with Crippen molar-refractivity contribution < 1.29 is 14.3 Å². The molecule has 0 bridgehead atoms. The van der Waals surface area contributed by atoms with E-state index in [2.05, 4.69) is 13.8 Å². The molecule has 0 N–H and O–H groups in total. The third-order valence-electron chi connectivity index (χ3n) is 2.72. The van der Waals surface area contributed by atoms with Gasteiger partial charge in [0.15, 0.2) is 0 Å². The molecular formula is C14H26O3. The van der Waals surface area contributed by atoms with Crippen LogP contribution < -0.4 is 0 Å². The zero-order valence-corrected chi connectivity index (χ0v) is 11.3. The summed E-state index contributed by atoms with van der Waals surface area (Å²) in [6.07, 6.45) is 8.66. The van der Waals surface area contributed by atoms with Gasteiger partial charge in [-0.2, -0.15) is 0 Å². The molecule has 0 aromatic rings. The first-order valence-corrected chi connectivity index (χ1v) is 6.92. The van der Waals surface area contributed by atoms with E-state index in [1.54, 1.807) is 0 Å². The molecule has 0 saturated heterocycles. The number of unbranched alkanes of at least 4 members (excludes halogenated alkanes) is 6. The van der Waals surface area contributed by atoms with Crippen molar-refractivity contribution >= 4 is 11.8 Å². The number of rotatable bonds is 11. The Labute approximate surface area is 105 Å². The Balaban J connectivity index is 3.44. The summed E-state index contributed by atoms with van der Waals surface area (Å²) in [5.41, 5.74) is 0. The van der Waals surface area contributed by atoms with Crippen molar-refractivity contribution in [3.8, 4) is 0 Å². The molecular weight excluding hydrogens is 216 g/mol. The Morgan fingerprint density at radius 1 is 0.824 bits per heavy atom. The molecule has 0 amide bonds. The van der Waals surface area contributed by atoms with Gasteiger partial charge in [0.25, 0.3) is 0 Å². The van der Waals surface area contributed by atoms with Crippen molar-refractivity contribution in [1.82, 2.24) is 0 Å². The topological polar surface area (TPSA) is 43.4 Å². The Bertz CT molecular complexity index is 212. The van der Waals surface area contributed by atoms with Crippen LogP contribution in [0.15, 0.2) is 0 Å². The molecule has 0 aliphatic carbocycles. The van der Waals surface area contributed by atoms with Gasteiger partial charge in [-0.3, -0.25) is 4.79 Å². The van der Waals surface area contributed by atoms with Crippen LogP contribution in [0.25, 0.3) is 0 Å². The van der Waals surface area contributed by atoms with Crippen LogP contribution in [0.1, 0.15) is 71.6 Å². The van der Waals surface area contributed by atoms with Gasteiger partial charge in [-0.05, 0) is 12.8 Å². The van der Waals surface area contributed by atoms with Gasteiger partial charge in [0, 0.05) is 6.42 Å². The van der Waals surface area contributed by atoms with Gasteiger partial charge in [-0.1, -0.05) is 52.4 Å². The molecule has 0 aromatic heterocycles. The van der Waals surface area contributed by atoms with Crippen molar-refractivity contribution in [1.29, 1.82) is 0 Å². The molecule has 0 unspecified atom stereocenters. The van der Waals surface area contributed by atoms with Crippen molar-refractivity contribution in [2.24, 2.45) is 0 Å². The van der Waals surface area contributed by atoms with Gasteiger partial charge in [0.05, 0.1) is 6.61 Å². The molecule has 0 fully saturated rings. The summed E-state index contributed by atoms with van der Waals surface area (Å²) in [6, 6.07) is 0. The highest BCUT2D eigenvalue weighted by atomic mass is 16.5. The first kappa shape index (κ1) is 16.1. The third-order valence-corrected chi connectivity index (χ3v) is 2.72. The van der Waals surface area contributed by atoms with Crippen LogP contribution in [0.5, 0.6) is 0 Å². The maximum absolute atomic E-state index is 11.4. The second-order valence-electron chi connectivity index (χ2n) is 4.43. The first-order chi connectivity index (χ1) is 8.22. The van der Waals surface area contributed by atoms with Crippen LogP contribution in [-0.4, -0.2) is 18.4 Å². The van der Waals surface area contributed by atoms with E-state index in [1.165, 1.54) is 0 Å². The monoisotopic (exact) mass is 242 g/mol. The minimum absolute atomic E-state index is 0.341. The molecule has 0 atom stereocenters. The smallest absolute Gasteiger partial charge is 0.374 e. The molecule has 0 aliphatic heterocycles. The molecule has 100 valence electrons. The fourth-order valence-corrected chi connectivity index (χ4v) is 1.59. The van der Waals surface area contributed by atoms with Gasteiger partial charge in [-0.15, -0.1) is 0 Å². The average Bonchev–Trinajstić information content (AvgIpc) is 2.34. The Morgan fingerprint density at radius 2 is 1.41 bits per heavy atom. The number of hydrogen-bond acceptors (Lipinski definition) is 3. The highest BCUT2D eigenvalue weighted by molar-refractivity contribution is 6.33.